The van der Waals surface area contributed by atoms with Crippen molar-refractivity contribution in [2.45, 2.75) is 0 Å². The van der Waals surface area contributed by atoms with Crippen LogP contribution in [0.5, 0.6) is 0 Å². The van der Waals surface area contributed by atoms with Gasteiger partial charge in [0.05, 0.1) is 0 Å². The molecule has 0 aliphatic heterocycles. The molecule has 0 saturated carbocycles. The summed E-state index contributed by atoms with van der Waals surface area (Å²) in [5.74, 6) is 0. The van der Waals surface area contributed by atoms with Gasteiger partial charge in [-0.3, -0.25) is 0 Å². The van der Waals surface area contributed by atoms with Crippen molar-refractivity contribution in [1.29, 1.82) is 0 Å². The Morgan fingerprint density at radius 1 is 1.00 bits per heavy atom. The van der Waals surface area contributed by atoms with Gasteiger partial charge >= 0.3 is 59.1 Å². The van der Waals surface area contributed by atoms with Gasteiger partial charge < -0.3 is 0 Å². The predicted octanol–water partition coefficient (Wildman–Crippen LogP) is 0.354. The summed E-state index contributed by atoms with van der Waals surface area (Å²) in [5.41, 5.74) is 0. The van der Waals surface area contributed by atoms with Crippen molar-refractivity contribution in [1.82, 2.24) is 0 Å². The Hall–Kier alpha value is -0.333. The molecule has 0 amide bonds. The first kappa shape index (κ1) is 12.4. The van der Waals surface area contributed by atoms with Crippen LogP contribution in [0.25, 0.3) is 0 Å². The second kappa shape index (κ2) is 11.5. The molecule has 0 heterocycles. The Kier molecular flexibility index (Phi) is 14.2. The first-order valence-electron chi connectivity index (χ1n) is 1.95. The quantitative estimate of drug-likeness (QED) is 0.378. The van der Waals surface area contributed by atoms with Crippen LogP contribution in [0, 0.1) is 0 Å². The van der Waals surface area contributed by atoms with E-state index in [2.05, 4.69) is 31.6 Å². The number of nitrogens with zero attached hydrogens (tertiary/aromatic N) is 4. The maximum atomic E-state index is 3.62. The van der Waals surface area contributed by atoms with Crippen molar-refractivity contribution in [3.8, 4) is 0 Å². The summed E-state index contributed by atoms with van der Waals surface area (Å²) in [6, 6.07) is 0. The fraction of sp³-hybridized carbons (Fsp3) is 0. The van der Waals surface area contributed by atoms with E-state index in [1.165, 1.54) is 12.7 Å². The van der Waals surface area contributed by atoms with Crippen LogP contribution < -0.4 is 0 Å². The van der Waals surface area contributed by atoms with Crippen LogP contribution in [-0.2, 0) is 31.4 Å². The summed E-state index contributed by atoms with van der Waals surface area (Å²) in [4.78, 5) is 6.71. The van der Waals surface area contributed by atoms with E-state index in [1.807, 2.05) is 0 Å². The van der Waals surface area contributed by atoms with Crippen LogP contribution in [0.2, 0.25) is 0 Å². The zero-order chi connectivity index (χ0) is 6.95. The van der Waals surface area contributed by atoms with E-state index in [1.54, 1.807) is 0 Å². The van der Waals surface area contributed by atoms with Gasteiger partial charge in [-0.1, -0.05) is 0 Å². The van der Waals surface area contributed by atoms with Crippen LogP contribution in [0.1, 0.15) is 0 Å². The van der Waals surface area contributed by atoms with Gasteiger partial charge in [0.2, 0.25) is 0 Å². The molecule has 10 heavy (non-hydrogen) atoms. The monoisotopic (exact) mass is 226 g/mol. The van der Waals surface area contributed by atoms with Gasteiger partial charge in [-0.2, -0.15) is 0 Å². The van der Waals surface area contributed by atoms with Crippen LogP contribution >= 0.6 is 0 Å². The van der Waals surface area contributed by atoms with E-state index in [9.17, 15) is 0 Å². The molecule has 0 N–H and O–H groups in total. The molecule has 0 aromatic rings. The summed E-state index contributed by atoms with van der Waals surface area (Å²) in [6.45, 7) is 6.36. The zero-order valence-electron chi connectivity index (χ0n) is 4.99. The fourth-order valence-corrected chi connectivity index (χ4v) is 0.434. The minimum absolute atomic E-state index is 0. The molecule has 0 aliphatic carbocycles. The number of rotatable bonds is 4. The minimum atomic E-state index is 0. The molecular weight excluding hydrogens is 221 g/mol. The first-order chi connectivity index (χ1) is 4.41. The maximum Gasteiger partial charge on any atom is 0 e. The van der Waals surface area contributed by atoms with Crippen LogP contribution in [-0.4, -0.2) is 26.1 Å². The normalized spacial score (nSPS) is 10.0. The Balaban J connectivity index is 0. The van der Waals surface area contributed by atoms with Gasteiger partial charge in [-0.25, -0.2) is 0 Å². The van der Waals surface area contributed by atoms with Gasteiger partial charge in [0.25, 0.3) is 0 Å². The molecule has 0 aromatic carbocycles. The second-order valence-electron chi connectivity index (χ2n) is 0.823. The molecule has 62 valence electrons. The second-order valence-corrected chi connectivity index (χ2v) is 1.53. The summed E-state index contributed by atoms with van der Waals surface area (Å²) in [6.07, 6.45) is 2.61. The topological polar surface area (TPSA) is 49.4 Å². The molecule has 0 rings (SSSR count). The largest absolute Gasteiger partial charge is 0 e. The Morgan fingerprint density at radius 2 is 1.40 bits per heavy atom. The summed E-state index contributed by atoms with van der Waals surface area (Å²) >= 11 is 0.813. The van der Waals surface area contributed by atoms with E-state index in [-0.39, 0.29) is 16.5 Å². The molecule has 0 atom stereocenters. The maximum absolute atomic E-state index is 3.62. The van der Waals surface area contributed by atoms with Gasteiger partial charge in [-0.15, -0.1) is 0 Å². The van der Waals surface area contributed by atoms with E-state index in [4.69, 9.17) is 0 Å². The molecular formula is C4H6N4Ni2. The summed E-state index contributed by atoms with van der Waals surface area (Å²) < 4.78 is 7.25. The van der Waals surface area contributed by atoms with Gasteiger partial charge in [0, 0.05) is 16.5 Å². The number of aliphatic imine (C=N–C) groups is 2. The third-order valence-electron chi connectivity index (χ3n) is 0.309. The molecule has 0 saturated heterocycles. The van der Waals surface area contributed by atoms with E-state index < -0.39 is 0 Å². The van der Waals surface area contributed by atoms with E-state index in [0.29, 0.717) is 0 Å². The first-order valence-corrected chi connectivity index (χ1v) is 2.83. The van der Waals surface area contributed by atoms with Gasteiger partial charge in [0.1, 0.15) is 0 Å². The van der Waals surface area contributed by atoms with E-state index >= 15 is 0 Å². The van der Waals surface area contributed by atoms with Gasteiger partial charge in [0.15, 0.2) is 0 Å². The predicted molar refractivity (Wildman–Crippen MR) is 36.1 cm³/mol. The Labute approximate surface area is 75.8 Å². The van der Waals surface area contributed by atoms with Crippen LogP contribution in [0.3, 0.4) is 0 Å². The summed E-state index contributed by atoms with van der Waals surface area (Å²) in [7, 11) is 0. The third-order valence-corrected chi connectivity index (χ3v) is 0.766. The number of hydrogen-bond donors (Lipinski definition) is 0. The SMILES string of the molecule is C=NC=[N][Ni][N]=CN=C.[Ni]. The molecule has 0 radical (unpaired) electrons. The molecule has 0 spiro atoms. The standard InChI is InChI=1S/2C2H3N2.2Ni/c2*1-4-2-3;;/h2*2H,1H2;;/q2*-1;;+2. The van der Waals surface area contributed by atoms with Crippen LogP contribution in [0.15, 0.2) is 18.1 Å². The van der Waals surface area contributed by atoms with Crippen molar-refractivity contribution < 1.29 is 31.4 Å². The summed E-state index contributed by atoms with van der Waals surface area (Å²) in [5, 5.41) is 0. The Bertz CT molecular complexity index is 126. The smallest absolute Gasteiger partial charge is 0 e. The van der Waals surface area contributed by atoms with Crippen molar-refractivity contribution in [2.75, 3.05) is 0 Å². The van der Waals surface area contributed by atoms with Crippen molar-refractivity contribution in [2.24, 2.45) is 18.1 Å². The molecule has 0 fully saturated rings. The molecule has 4 nitrogen and oxygen atoms in total. The molecule has 0 aromatic heterocycles. The van der Waals surface area contributed by atoms with Crippen molar-refractivity contribution in [3.63, 3.8) is 0 Å². The zero-order valence-corrected chi connectivity index (χ0v) is 6.97. The number of hydrogen-bond acceptors (Lipinski definition) is 2. The molecule has 6 heteroatoms. The van der Waals surface area contributed by atoms with Crippen LogP contribution in [0.4, 0.5) is 0 Å². The molecule has 0 aliphatic rings. The Morgan fingerprint density at radius 3 is 1.70 bits per heavy atom. The average molecular weight is 228 g/mol. The fourth-order valence-electron chi connectivity index (χ4n) is 0.105. The minimum Gasteiger partial charge on any atom is 0 e. The third kappa shape index (κ3) is 10.6. The molecule has 0 unspecified atom stereocenters. The molecule has 0 bridgehead atoms. The van der Waals surface area contributed by atoms with Gasteiger partial charge in [-0.05, 0) is 0 Å². The van der Waals surface area contributed by atoms with E-state index in [0.717, 1.165) is 14.9 Å². The van der Waals surface area contributed by atoms with Crippen molar-refractivity contribution >= 4 is 26.1 Å². The average Bonchev–Trinajstić information content (AvgIpc) is 1.89. The van der Waals surface area contributed by atoms with Crippen molar-refractivity contribution in [3.05, 3.63) is 0 Å².